The Hall–Kier alpha value is -3.41. The van der Waals surface area contributed by atoms with Gasteiger partial charge in [-0.05, 0) is 78.3 Å². The van der Waals surface area contributed by atoms with E-state index in [2.05, 4.69) is 19.2 Å². The number of aromatic carboxylic acids is 1. The summed E-state index contributed by atoms with van der Waals surface area (Å²) in [6.07, 6.45) is 3.14. The molecule has 2 aromatic carbocycles. The third kappa shape index (κ3) is 4.59. The highest BCUT2D eigenvalue weighted by Gasteiger charge is 2.30. The summed E-state index contributed by atoms with van der Waals surface area (Å²) in [4.78, 5) is 35.7. The maximum atomic E-state index is 12.8. The van der Waals surface area contributed by atoms with E-state index >= 15 is 0 Å². The second-order valence-electron chi connectivity index (χ2n) is 7.90. The predicted molar refractivity (Wildman–Crippen MR) is 115 cm³/mol. The second kappa shape index (κ2) is 8.53. The summed E-state index contributed by atoms with van der Waals surface area (Å²) in [5, 5.41) is 11.8. The normalized spacial score (nSPS) is 15.9. The summed E-state index contributed by atoms with van der Waals surface area (Å²) in [6.45, 7) is 6.37. The monoisotopic (exact) mass is 407 g/mol. The van der Waals surface area contributed by atoms with E-state index in [-0.39, 0.29) is 22.9 Å². The Morgan fingerprint density at radius 3 is 2.40 bits per heavy atom. The maximum absolute atomic E-state index is 12.8. The smallest absolute Gasteiger partial charge is 0.335 e. The minimum atomic E-state index is -1.02. The van der Waals surface area contributed by atoms with Crippen molar-refractivity contribution in [2.75, 3.05) is 11.9 Å². The van der Waals surface area contributed by atoms with Crippen LogP contribution in [-0.4, -0.2) is 29.6 Å². The number of hydrogen-bond donors (Lipinski definition) is 2. The Bertz CT molecular complexity index is 1020. The van der Waals surface area contributed by atoms with Crippen molar-refractivity contribution in [2.24, 2.45) is 0 Å². The fourth-order valence-corrected chi connectivity index (χ4v) is 3.63. The SMILES string of the molecule is CCOC(=O)/C=C1/CCC(C)(C)c2ccc(C(=O)Nc3ccc(C(=O)O)cc3)cc21. The Kier molecular flexibility index (Phi) is 6.06. The molecule has 30 heavy (non-hydrogen) atoms. The van der Waals surface area contributed by atoms with Gasteiger partial charge in [0, 0.05) is 17.3 Å². The molecule has 0 unspecified atom stereocenters. The zero-order valence-corrected chi connectivity index (χ0v) is 17.3. The molecule has 6 nitrogen and oxygen atoms in total. The van der Waals surface area contributed by atoms with Crippen molar-refractivity contribution in [1.82, 2.24) is 0 Å². The average molecular weight is 407 g/mol. The van der Waals surface area contributed by atoms with Gasteiger partial charge >= 0.3 is 11.9 Å². The number of allylic oxidation sites excluding steroid dienone is 1. The number of carboxylic acid groups (broad SMARTS) is 1. The van der Waals surface area contributed by atoms with E-state index in [9.17, 15) is 14.4 Å². The molecule has 0 heterocycles. The third-order valence-corrected chi connectivity index (χ3v) is 5.34. The fourth-order valence-electron chi connectivity index (χ4n) is 3.63. The molecule has 3 rings (SSSR count). The van der Waals surface area contributed by atoms with Gasteiger partial charge in [0.2, 0.25) is 0 Å². The van der Waals surface area contributed by atoms with Gasteiger partial charge in [0.1, 0.15) is 0 Å². The molecule has 2 N–H and O–H groups in total. The lowest BCUT2D eigenvalue weighted by atomic mass is 9.70. The minimum Gasteiger partial charge on any atom is -0.478 e. The van der Waals surface area contributed by atoms with Crippen molar-refractivity contribution >= 4 is 29.1 Å². The van der Waals surface area contributed by atoms with Crippen LogP contribution in [0.5, 0.6) is 0 Å². The van der Waals surface area contributed by atoms with Gasteiger partial charge in [-0.15, -0.1) is 0 Å². The zero-order valence-electron chi connectivity index (χ0n) is 17.3. The van der Waals surface area contributed by atoms with Gasteiger partial charge in [-0.2, -0.15) is 0 Å². The number of carbonyl (C=O) groups excluding carboxylic acids is 2. The Morgan fingerprint density at radius 2 is 1.77 bits per heavy atom. The van der Waals surface area contributed by atoms with Gasteiger partial charge in [0.25, 0.3) is 5.91 Å². The molecular weight excluding hydrogens is 382 g/mol. The molecule has 0 aliphatic heterocycles. The van der Waals surface area contributed by atoms with E-state index < -0.39 is 5.97 Å². The van der Waals surface area contributed by atoms with E-state index in [1.54, 1.807) is 25.1 Å². The maximum Gasteiger partial charge on any atom is 0.335 e. The summed E-state index contributed by atoms with van der Waals surface area (Å²) in [7, 11) is 0. The summed E-state index contributed by atoms with van der Waals surface area (Å²) in [5.41, 5.74) is 3.89. The van der Waals surface area contributed by atoms with Crippen LogP contribution >= 0.6 is 0 Å². The number of ether oxygens (including phenoxy) is 1. The molecular formula is C24H25NO5. The topological polar surface area (TPSA) is 92.7 Å². The van der Waals surface area contributed by atoms with Gasteiger partial charge in [-0.3, -0.25) is 4.79 Å². The van der Waals surface area contributed by atoms with Crippen LogP contribution in [0.2, 0.25) is 0 Å². The number of nitrogens with one attached hydrogen (secondary N) is 1. The molecule has 0 atom stereocenters. The zero-order chi connectivity index (χ0) is 21.9. The fraction of sp³-hybridized carbons (Fsp3) is 0.292. The summed E-state index contributed by atoms with van der Waals surface area (Å²) in [6, 6.07) is 11.5. The van der Waals surface area contributed by atoms with Crippen LogP contribution in [0.3, 0.4) is 0 Å². The first-order valence-corrected chi connectivity index (χ1v) is 9.88. The summed E-state index contributed by atoms with van der Waals surface area (Å²) in [5.74, 6) is -1.71. The Labute approximate surface area is 175 Å². The van der Waals surface area contributed by atoms with Crippen molar-refractivity contribution < 1.29 is 24.2 Å². The van der Waals surface area contributed by atoms with E-state index in [1.165, 1.54) is 18.2 Å². The summed E-state index contributed by atoms with van der Waals surface area (Å²) < 4.78 is 5.06. The largest absolute Gasteiger partial charge is 0.478 e. The third-order valence-electron chi connectivity index (χ3n) is 5.34. The lowest BCUT2D eigenvalue weighted by Crippen LogP contribution is -2.24. The van der Waals surface area contributed by atoms with Gasteiger partial charge in [0.05, 0.1) is 12.2 Å². The number of esters is 1. The van der Waals surface area contributed by atoms with Crippen molar-refractivity contribution in [3.63, 3.8) is 0 Å². The molecule has 1 amide bonds. The predicted octanol–water partition coefficient (Wildman–Crippen LogP) is 4.66. The first-order valence-electron chi connectivity index (χ1n) is 9.88. The lowest BCUT2D eigenvalue weighted by Gasteiger charge is -2.34. The molecule has 0 fully saturated rings. The number of carbonyl (C=O) groups is 3. The molecule has 1 aliphatic rings. The first kappa shape index (κ1) is 21.3. The van der Waals surface area contributed by atoms with Crippen LogP contribution in [0, 0.1) is 0 Å². The minimum absolute atomic E-state index is 0.0665. The molecule has 0 saturated carbocycles. The molecule has 0 radical (unpaired) electrons. The lowest BCUT2D eigenvalue weighted by molar-refractivity contribution is -0.137. The molecule has 0 aromatic heterocycles. The molecule has 156 valence electrons. The molecule has 0 bridgehead atoms. The van der Waals surface area contributed by atoms with Crippen LogP contribution in [0.4, 0.5) is 5.69 Å². The first-order chi connectivity index (χ1) is 14.2. The van der Waals surface area contributed by atoms with Gasteiger partial charge < -0.3 is 15.2 Å². The van der Waals surface area contributed by atoms with Crippen LogP contribution in [0.25, 0.3) is 5.57 Å². The highest BCUT2D eigenvalue weighted by atomic mass is 16.5. The number of amides is 1. The van der Waals surface area contributed by atoms with Crippen LogP contribution in [0.15, 0.2) is 48.5 Å². The average Bonchev–Trinajstić information content (AvgIpc) is 2.70. The van der Waals surface area contributed by atoms with Crippen molar-refractivity contribution in [1.29, 1.82) is 0 Å². The Balaban J connectivity index is 1.91. The number of rotatable bonds is 5. The van der Waals surface area contributed by atoms with Crippen LogP contribution < -0.4 is 5.32 Å². The van der Waals surface area contributed by atoms with E-state index in [1.807, 2.05) is 12.1 Å². The highest BCUT2D eigenvalue weighted by molar-refractivity contribution is 6.05. The number of benzene rings is 2. The number of anilines is 1. The summed E-state index contributed by atoms with van der Waals surface area (Å²) >= 11 is 0. The van der Waals surface area contributed by atoms with Gasteiger partial charge in [-0.1, -0.05) is 19.9 Å². The van der Waals surface area contributed by atoms with Crippen LogP contribution in [-0.2, 0) is 14.9 Å². The quantitative estimate of drug-likeness (QED) is 0.556. The molecule has 2 aromatic rings. The molecule has 1 aliphatic carbocycles. The van der Waals surface area contributed by atoms with Crippen LogP contribution in [0.1, 0.15) is 65.5 Å². The standard InChI is InChI=1S/C24H25NO5/c1-4-30-21(26)14-16-11-12-24(2,3)20-10-7-17(13-19(16)20)22(27)25-18-8-5-15(6-9-18)23(28)29/h5-10,13-14H,4,11-12H2,1-3H3,(H,25,27)(H,28,29)/b16-14-. The van der Waals surface area contributed by atoms with Gasteiger partial charge in [0.15, 0.2) is 0 Å². The molecule has 6 heteroatoms. The molecule has 0 saturated heterocycles. The van der Waals surface area contributed by atoms with Gasteiger partial charge in [-0.25, -0.2) is 9.59 Å². The second-order valence-corrected chi connectivity index (χ2v) is 7.90. The van der Waals surface area contributed by atoms with E-state index in [0.29, 0.717) is 17.9 Å². The highest BCUT2D eigenvalue weighted by Crippen LogP contribution is 2.42. The van der Waals surface area contributed by atoms with E-state index in [4.69, 9.17) is 9.84 Å². The Morgan fingerprint density at radius 1 is 1.10 bits per heavy atom. The van der Waals surface area contributed by atoms with Crippen molar-refractivity contribution in [2.45, 2.75) is 39.0 Å². The number of carboxylic acids is 1. The molecule has 0 spiro atoms. The van der Waals surface area contributed by atoms with E-state index in [0.717, 1.165) is 29.5 Å². The van der Waals surface area contributed by atoms with Crippen molar-refractivity contribution in [3.05, 3.63) is 70.8 Å². The van der Waals surface area contributed by atoms with Crippen molar-refractivity contribution in [3.8, 4) is 0 Å². The number of hydrogen-bond acceptors (Lipinski definition) is 4. The number of fused-ring (bicyclic) bond motifs is 1.